The standard InChI is InChI=1S/C13H23N3/c1-2-7-13-12(14)10-15-16(13)11-8-5-3-4-6-9-11/h10-11H,2-9,14H2,1H3. The molecule has 1 aromatic rings. The number of hydrogen-bond acceptors (Lipinski definition) is 2. The zero-order chi connectivity index (χ0) is 11.4. The van der Waals surface area contributed by atoms with Gasteiger partial charge in [0.1, 0.15) is 0 Å². The first-order valence-corrected chi connectivity index (χ1v) is 6.64. The zero-order valence-corrected chi connectivity index (χ0v) is 10.3. The lowest BCUT2D eigenvalue weighted by atomic mass is 10.1. The zero-order valence-electron chi connectivity index (χ0n) is 10.3. The summed E-state index contributed by atoms with van der Waals surface area (Å²) in [7, 11) is 0. The SMILES string of the molecule is CCCc1c(N)cnn1C1CCCCCC1. The minimum absolute atomic E-state index is 0.598. The molecule has 1 fully saturated rings. The monoisotopic (exact) mass is 221 g/mol. The molecular weight excluding hydrogens is 198 g/mol. The number of nitrogens with two attached hydrogens (primary N) is 1. The molecule has 3 heteroatoms. The molecule has 1 saturated carbocycles. The van der Waals surface area contributed by atoms with Crippen molar-refractivity contribution in [3.63, 3.8) is 0 Å². The molecule has 2 N–H and O–H groups in total. The second-order valence-electron chi connectivity index (χ2n) is 4.89. The Morgan fingerprint density at radius 3 is 2.62 bits per heavy atom. The van der Waals surface area contributed by atoms with Crippen LogP contribution in [0.3, 0.4) is 0 Å². The molecule has 0 unspecified atom stereocenters. The van der Waals surface area contributed by atoms with Gasteiger partial charge >= 0.3 is 0 Å². The van der Waals surface area contributed by atoms with Crippen LogP contribution in [0.25, 0.3) is 0 Å². The van der Waals surface area contributed by atoms with Crippen LogP contribution in [-0.4, -0.2) is 9.78 Å². The molecular formula is C13H23N3. The quantitative estimate of drug-likeness (QED) is 0.796. The highest BCUT2D eigenvalue weighted by Gasteiger charge is 2.18. The molecule has 16 heavy (non-hydrogen) atoms. The number of rotatable bonds is 3. The van der Waals surface area contributed by atoms with Crippen LogP contribution in [0.1, 0.15) is 63.6 Å². The van der Waals surface area contributed by atoms with Gasteiger partial charge in [0.25, 0.3) is 0 Å². The first kappa shape index (κ1) is 11.5. The average Bonchev–Trinajstić information content (AvgIpc) is 2.55. The third kappa shape index (κ3) is 2.39. The van der Waals surface area contributed by atoms with Crippen LogP contribution < -0.4 is 5.73 Å². The van der Waals surface area contributed by atoms with Gasteiger partial charge in [-0.3, -0.25) is 4.68 Å². The van der Waals surface area contributed by atoms with E-state index in [1.54, 1.807) is 0 Å². The van der Waals surface area contributed by atoms with Gasteiger partial charge < -0.3 is 5.73 Å². The second kappa shape index (κ2) is 5.37. The molecule has 3 nitrogen and oxygen atoms in total. The van der Waals surface area contributed by atoms with Gasteiger partial charge in [0.05, 0.1) is 23.6 Å². The van der Waals surface area contributed by atoms with Crippen molar-refractivity contribution >= 4 is 5.69 Å². The molecule has 0 aliphatic heterocycles. The maximum Gasteiger partial charge on any atom is 0.0733 e. The van der Waals surface area contributed by atoms with Gasteiger partial charge in [-0.15, -0.1) is 0 Å². The average molecular weight is 221 g/mol. The Kier molecular flexibility index (Phi) is 3.86. The summed E-state index contributed by atoms with van der Waals surface area (Å²) >= 11 is 0. The Morgan fingerprint density at radius 1 is 1.31 bits per heavy atom. The van der Waals surface area contributed by atoms with E-state index in [-0.39, 0.29) is 0 Å². The van der Waals surface area contributed by atoms with Crippen LogP contribution in [0, 0.1) is 0 Å². The van der Waals surface area contributed by atoms with Crippen molar-refractivity contribution < 1.29 is 0 Å². The Morgan fingerprint density at radius 2 is 2.00 bits per heavy atom. The predicted molar refractivity (Wildman–Crippen MR) is 67.4 cm³/mol. The van der Waals surface area contributed by atoms with Crippen LogP contribution in [-0.2, 0) is 6.42 Å². The molecule has 1 aliphatic rings. The van der Waals surface area contributed by atoms with Crippen molar-refractivity contribution in [2.24, 2.45) is 0 Å². The van der Waals surface area contributed by atoms with Gasteiger partial charge in [0, 0.05) is 0 Å². The summed E-state index contributed by atoms with van der Waals surface area (Å²) in [5.41, 5.74) is 8.13. The van der Waals surface area contributed by atoms with Crippen LogP contribution in [0.4, 0.5) is 5.69 Å². The number of anilines is 1. The van der Waals surface area contributed by atoms with Crippen LogP contribution >= 0.6 is 0 Å². The van der Waals surface area contributed by atoms with Crippen molar-refractivity contribution in [1.82, 2.24) is 9.78 Å². The first-order chi connectivity index (χ1) is 7.83. The summed E-state index contributed by atoms with van der Waals surface area (Å²) in [6.07, 6.45) is 12.0. The molecule has 1 aliphatic carbocycles. The molecule has 2 rings (SSSR count). The molecule has 0 atom stereocenters. The van der Waals surface area contributed by atoms with Crippen molar-refractivity contribution in [1.29, 1.82) is 0 Å². The minimum Gasteiger partial charge on any atom is -0.396 e. The number of hydrogen-bond donors (Lipinski definition) is 1. The van der Waals surface area contributed by atoms with Gasteiger partial charge in [-0.1, -0.05) is 39.0 Å². The van der Waals surface area contributed by atoms with Gasteiger partial charge in [0.15, 0.2) is 0 Å². The summed E-state index contributed by atoms with van der Waals surface area (Å²) in [5.74, 6) is 0. The molecule has 0 spiro atoms. The molecule has 1 aromatic heterocycles. The molecule has 0 aromatic carbocycles. The highest BCUT2D eigenvalue weighted by molar-refractivity contribution is 5.41. The van der Waals surface area contributed by atoms with E-state index >= 15 is 0 Å². The molecule has 0 amide bonds. The summed E-state index contributed by atoms with van der Waals surface area (Å²) in [6, 6.07) is 0.598. The summed E-state index contributed by atoms with van der Waals surface area (Å²) in [5, 5.41) is 4.49. The fourth-order valence-electron chi connectivity index (χ4n) is 2.71. The smallest absolute Gasteiger partial charge is 0.0733 e. The van der Waals surface area contributed by atoms with Crippen molar-refractivity contribution in [3.8, 4) is 0 Å². The van der Waals surface area contributed by atoms with E-state index in [2.05, 4.69) is 16.7 Å². The van der Waals surface area contributed by atoms with E-state index in [9.17, 15) is 0 Å². The third-order valence-electron chi connectivity index (χ3n) is 3.59. The maximum atomic E-state index is 5.99. The van der Waals surface area contributed by atoms with Crippen molar-refractivity contribution in [2.75, 3.05) is 5.73 Å². The molecule has 0 saturated heterocycles. The van der Waals surface area contributed by atoms with Gasteiger partial charge in [-0.25, -0.2) is 0 Å². The summed E-state index contributed by atoms with van der Waals surface area (Å²) in [6.45, 7) is 2.20. The van der Waals surface area contributed by atoms with E-state index in [1.165, 1.54) is 44.2 Å². The van der Waals surface area contributed by atoms with Crippen LogP contribution in [0.2, 0.25) is 0 Å². The third-order valence-corrected chi connectivity index (χ3v) is 3.59. The van der Waals surface area contributed by atoms with E-state index < -0.39 is 0 Å². The van der Waals surface area contributed by atoms with E-state index in [0.717, 1.165) is 18.5 Å². The largest absolute Gasteiger partial charge is 0.396 e. The summed E-state index contributed by atoms with van der Waals surface area (Å²) < 4.78 is 2.21. The van der Waals surface area contributed by atoms with Crippen LogP contribution in [0.5, 0.6) is 0 Å². The molecule has 90 valence electrons. The highest BCUT2D eigenvalue weighted by atomic mass is 15.3. The molecule has 0 bridgehead atoms. The Labute approximate surface area is 98.0 Å². The van der Waals surface area contributed by atoms with Crippen molar-refractivity contribution in [2.45, 2.75) is 64.3 Å². The van der Waals surface area contributed by atoms with E-state index in [4.69, 9.17) is 5.73 Å². The normalized spacial score (nSPS) is 18.6. The van der Waals surface area contributed by atoms with Crippen molar-refractivity contribution in [3.05, 3.63) is 11.9 Å². The Balaban J connectivity index is 2.17. The predicted octanol–water partition coefficient (Wildman–Crippen LogP) is 3.31. The lowest BCUT2D eigenvalue weighted by molar-refractivity contribution is 0.393. The fraction of sp³-hybridized carbons (Fsp3) is 0.769. The lowest BCUT2D eigenvalue weighted by Crippen LogP contribution is -2.13. The molecule has 0 radical (unpaired) electrons. The Hall–Kier alpha value is -0.990. The fourth-order valence-corrected chi connectivity index (χ4v) is 2.71. The minimum atomic E-state index is 0.598. The topological polar surface area (TPSA) is 43.8 Å². The number of aromatic nitrogens is 2. The molecule has 1 heterocycles. The van der Waals surface area contributed by atoms with E-state index in [1.807, 2.05) is 6.20 Å². The van der Waals surface area contributed by atoms with Crippen LogP contribution in [0.15, 0.2) is 6.20 Å². The van der Waals surface area contributed by atoms with Gasteiger partial charge in [-0.05, 0) is 19.3 Å². The number of nitrogens with zero attached hydrogens (tertiary/aromatic N) is 2. The first-order valence-electron chi connectivity index (χ1n) is 6.64. The van der Waals surface area contributed by atoms with E-state index in [0.29, 0.717) is 6.04 Å². The highest BCUT2D eigenvalue weighted by Crippen LogP contribution is 2.29. The van der Waals surface area contributed by atoms with Gasteiger partial charge in [-0.2, -0.15) is 5.10 Å². The Bertz CT molecular complexity index is 322. The second-order valence-corrected chi connectivity index (χ2v) is 4.89. The van der Waals surface area contributed by atoms with Gasteiger partial charge in [0.2, 0.25) is 0 Å². The number of nitrogen functional groups attached to an aromatic ring is 1. The summed E-state index contributed by atoms with van der Waals surface area (Å²) in [4.78, 5) is 0. The maximum absolute atomic E-state index is 5.99. The lowest BCUT2D eigenvalue weighted by Gasteiger charge is -2.18.